The predicted molar refractivity (Wildman–Crippen MR) is 116 cm³/mol. The number of alkyl halides is 2. The van der Waals surface area contributed by atoms with E-state index in [1.807, 2.05) is 12.1 Å². The Hall–Kier alpha value is -3.52. The summed E-state index contributed by atoms with van der Waals surface area (Å²) in [5, 5.41) is 31.0. The van der Waals surface area contributed by atoms with Crippen molar-refractivity contribution in [2.24, 2.45) is 5.41 Å². The molecule has 4 fully saturated rings. The number of hydrogen-bond donors (Lipinski definition) is 1. The smallest absolute Gasteiger partial charge is 0.287 e. The van der Waals surface area contributed by atoms with Crippen LogP contribution in [0.15, 0.2) is 48.8 Å². The minimum absolute atomic E-state index is 0.0933. The number of nitrogens with zero attached hydrogens (tertiary/aromatic N) is 5. The lowest BCUT2D eigenvalue weighted by Crippen LogP contribution is -2.76. The molecule has 4 aliphatic carbocycles. The van der Waals surface area contributed by atoms with Crippen molar-refractivity contribution in [3.63, 3.8) is 0 Å². The second-order valence-corrected chi connectivity index (χ2v) is 10.4. The quantitative estimate of drug-likeness (QED) is 0.470. The van der Waals surface area contributed by atoms with Crippen molar-refractivity contribution >= 4 is 0 Å². The lowest BCUT2D eigenvalue weighted by Gasteiger charge is -2.74. The zero-order chi connectivity index (χ0) is 25.4. The van der Waals surface area contributed by atoms with Crippen LogP contribution < -0.4 is 4.74 Å². The molecule has 36 heavy (non-hydrogen) atoms. The van der Waals surface area contributed by atoms with Crippen LogP contribution in [0.25, 0.3) is 0 Å². The molecule has 0 unspecified atom stereocenters. The van der Waals surface area contributed by atoms with Crippen LogP contribution in [-0.2, 0) is 17.6 Å². The van der Waals surface area contributed by atoms with Gasteiger partial charge in [0.25, 0.3) is 5.92 Å². The lowest BCUT2D eigenvalue weighted by atomic mass is 9.30. The van der Waals surface area contributed by atoms with Gasteiger partial charge in [-0.3, -0.25) is 0 Å². The van der Waals surface area contributed by atoms with E-state index < -0.39 is 51.7 Å². The van der Waals surface area contributed by atoms with Crippen LogP contribution in [0, 0.1) is 28.4 Å². The Bertz CT molecular complexity index is 1350. The van der Waals surface area contributed by atoms with E-state index in [0.29, 0.717) is 24.7 Å². The highest BCUT2D eigenvalue weighted by molar-refractivity contribution is 5.45. The predicted octanol–water partition coefficient (Wildman–Crippen LogP) is 4.03. The molecule has 3 aromatic rings. The number of tetrazole rings is 1. The van der Waals surface area contributed by atoms with Crippen molar-refractivity contribution in [3.05, 3.63) is 71.6 Å². The van der Waals surface area contributed by atoms with Crippen molar-refractivity contribution in [1.82, 2.24) is 20.2 Å². The minimum Gasteiger partial charge on any atom is -0.472 e. The van der Waals surface area contributed by atoms with E-state index in [1.165, 1.54) is 0 Å². The first-order valence-corrected chi connectivity index (χ1v) is 11.5. The molecule has 1 aromatic heterocycles. The molecule has 1 N–H and O–H groups in total. The molecule has 4 saturated carbocycles. The Morgan fingerprint density at radius 2 is 1.78 bits per heavy atom. The Morgan fingerprint density at radius 1 is 1.08 bits per heavy atom. The number of hydrogen-bond acceptors (Lipinski definition) is 6. The molecule has 7 rings (SSSR count). The molecule has 2 aromatic carbocycles. The maximum atomic E-state index is 16.2. The number of nitriles is 1. The van der Waals surface area contributed by atoms with Gasteiger partial charge < -0.3 is 9.84 Å². The summed E-state index contributed by atoms with van der Waals surface area (Å²) < 4.78 is 67.4. The maximum Gasteiger partial charge on any atom is 0.287 e. The molecule has 1 heterocycles. The molecule has 7 nitrogen and oxygen atoms in total. The molecule has 0 amide bonds. The molecule has 186 valence electrons. The van der Waals surface area contributed by atoms with E-state index in [4.69, 9.17) is 4.74 Å². The Balaban J connectivity index is 1.27. The summed E-state index contributed by atoms with van der Waals surface area (Å²) in [6.45, 7) is -0.809. The normalized spacial score (nSPS) is 27.2. The summed E-state index contributed by atoms with van der Waals surface area (Å²) in [6, 6.07) is 11.4. The monoisotopic (exact) mass is 499 g/mol. The second kappa shape index (κ2) is 7.26. The first-order chi connectivity index (χ1) is 17.1. The average Bonchev–Trinajstić information content (AvgIpc) is 3.36. The second-order valence-electron chi connectivity index (χ2n) is 10.4. The highest BCUT2D eigenvalue weighted by Gasteiger charge is 2.82. The van der Waals surface area contributed by atoms with Gasteiger partial charge in [0.05, 0.1) is 6.54 Å². The fourth-order valence-electron chi connectivity index (χ4n) is 5.98. The van der Waals surface area contributed by atoms with E-state index in [-0.39, 0.29) is 19.3 Å². The molecular weight excluding hydrogens is 478 g/mol. The van der Waals surface area contributed by atoms with Crippen LogP contribution in [0.4, 0.5) is 17.6 Å². The zero-order valence-electron chi connectivity index (χ0n) is 19.0. The SMILES string of the molecule is N#CC1(Oc2ccc(C34CC(C(F)(F)[C@@](O)(Cn5cnnn5)c5ccc(F)cc5F)(C3)C4)cc2)CC1. The van der Waals surface area contributed by atoms with Gasteiger partial charge in [-0.25, -0.2) is 22.2 Å². The van der Waals surface area contributed by atoms with Gasteiger partial charge >= 0.3 is 0 Å². The van der Waals surface area contributed by atoms with Crippen molar-refractivity contribution in [2.45, 2.75) is 61.2 Å². The molecule has 11 heteroatoms. The number of aliphatic hydroxyl groups is 1. The van der Waals surface area contributed by atoms with Gasteiger partial charge in [-0.15, -0.1) is 5.10 Å². The Labute approximate surface area is 203 Å². The Morgan fingerprint density at radius 3 is 2.33 bits per heavy atom. The highest BCUT2D eigenvalue weighted by atomic mass is 19.3. The van der Waals surface area contributed by atoms with Gasteiger partial charge in [0.2, 0.25) is 0 Å². The molecule has 0 saturated heterocycles. The van der Waals surface area contributed by atoms with Gasteiger partial charge in [0.1, 0.15) is 29.8 Å². The van der Waals surface area contributed by atoms with Gasteiger partial charge in [0, 0.05) is 29.9 Å². The minimum atomic E-state index is -3.78. The summed E-state index contributed by atoms with van der Waals surface area (Å²) in [6.07, 6.45) is 2.68. The van der Waals surface area contributed by atoms with Crippen molar-refractivity contribution in [3.8, 4) is 11.8 Å². The number of ether oxygens (including phenoxy) is 1. The third kappa shape index (κ3) is 3.10. The van der Waals surface area contributed by atoms with Gasteiger partial charge in [-0.2, -0.15) is 5.26 Å². The summed E-state index contributed by atoms with van der Waals surface area (Å²) in [5.74, 6) is -5.44. The summed E-state index contributed by atoms with van der Waals surface area (Å²) in [5.41, 5.74) is -5.66. The molecule has 0 radical (unpaired) electrons. The van der Waals surface area contributed by atoms with Gasteiger partial charge in [-0.05, 0) is 64.9 Å². The molecule has 1 atom stereocenters. The van der Waals surface area contributed by atoms with E-state index in [2.05, 4.69) is 21.6 Å². The lowest BCUT2D eigenvalue weighted by molar-refractivity contribution is -0.347. The van der Waals surface area contributed by atoms with Crippen LogP contribution in [0.1, 0.15) is 43.2 Å². The Kier molecular flexibility index (Phi) is 4.62. The molecule has 0 spiro atoms. The number of aromatic nitrogens is 4. The van der Waals surface area contributed by atoms with Crippen molar-refractivity contribution in [1.29, 1.82) is 5.26 Å². The third-order valence-electron chi connectivity index (χ3n) is 8.06. The number of halogens is 4. The number of rotatable bonds is 8. The first-order valence-electron chi connectivity index (χ1n) is 11.5. The zero-order valence-corrected chi connectivity index (χ0v) is 19.0. The topological polar surface area (TPSA) is 96.8 Å². The van der Waals surface area contributed by atoms with Crippen molar-refractivity contribution in [2.75, 3.05) is 0 Å². The molecular formula is C25H21F4N5O2. The van der Waals surface area contributed by atoms with Crippen molar-refractivity contribution < 1.29 is 27.4 Å². The van der Waals surface area contributed by atoms with Crippen LogP contribution in [0.3, 0.4) is 0 Å². The average molecular weight is 499 g/mol. The van der Waals surface area contributed by atoms with Crippen LogP contribution >= 0.6 is 0 Å². The van der Waals surface area contributed by atoms with Crippen LogP contribution in [0.2, 0.25) is 0 Å². The summed E-state index contributed by atoms with van der Waals surface area (Å²) in [4.78, 5) is 0. The van der Waals surface area contributed by atoms with Crippen LogP contribution in [-0.4, -0.2) is 36.8 Å². The highest BCUT2D eigenvalue weighted by Crippen LogP contribution is 2.80. The molecule has 2 bridgehead atoms. The van der Waals surface area contributed by atoms with E-state index in [9.17, 15) is 19.1 Å². The van der Waals surface area contributed by atoms with E-state index in [0.717, 1.165) is 28.7 Å². The molecule has 4 aliphatic rings. The standard InChI is InChI=1S/C25H21F4N5O2/c26-17-3-6-19(20(27)9-17)24(35,14-34-15-31-32-33-34)25(28,29)22-10-21(11-22,12-22)16-1-4-18(5-2-16)36-23(13-30)7-8-23/h1-6,9,15,35H,7-8,10-12,14H2/t21?,22?,24-/m1/s1. The largest absolute Gasteiger partial charge is 0.472 e. The fraction of sp³-hybridized carbons (Fsp3) is 0.440. The summed E-state index contributed by atoms with van der Waals surface area (Å²) >= 11 is 0. The fourth-order valence-corrected chi connectivity index (χ4v) is 5.98. The maximum absolute atomic E-state index is 16.2. The molecule has 0 aliphatic heterocycles. The summed E-state index contributed by atoms with van der Waals surface area (Å²) in [7, 11) is 0. The third-order valence-corrected chi connectivity index (χ3v) is 8.06. The first kappa shape index (κ1) is 22.9. The van der Waals surface area contributed by atoms with E-state index >= 15 is 8.78 Å². The number of benzene rings is 2. The van der Waals surface area contributed by atoms with Gasteiger partial charge in [0.15, 0.2) is 11.2 Å². The van der Waals surface area contributed by atoms with E-state index in [1.54, 1.807) is 12.1 Å². The van der Waals surface area contributed by atoms with Crippen LogP contribution in [0.5, 0.6) is 5.75 Å². The van der Waals surface area contributed by atoms with Gasteiger partial charge in [-0.1, -0.05) is 12.1 Å².